The predicted molar refractivity (Wildman–Crippen MR) is 45.1 cm³/mol. The van der Waals surface area contributed by atoms with Gasteiger partial charge in [0.2, 0.25) is 5.88 Å². The number of hydrogen-bond donors (Lipinski definition) is 1. The van der Waals surface area contributed by atoms with Crippen molar-refractivity contribution in [2.24, 2.45) is 0 Å². The van der Waals surface area contributed by atoms with E-state index in [0.717, 1.165) is 5.56 Å². The monoisotopic (exact) mass is 170 g/mol. The summed E-state index contributed by atoms with van der Waals surface area (Å²) >= 11 is 0. The van der Waals surface area contributed by atoms with E-state index in [1.165, 1.54) is 0 Å². The third-order valence-corrected chi connectivity index (χ3v) is 1.67. The van der Waals surface area contributed by atoms with E-state index in [2.05, 4.69) is 5.10 Å². The lowest BCUT2D eigenvalue weighted by Crippen LogP contribution is -2.05. The van der Waals surface area contributed by atoms with Crippen LogP contribution < -0.4 is 4.74 Å². The molecule has 0 fully saturated rings. The number of ether oxygens (including phenoxy) is 1. The SMILES string of the molecule is COc1c(CO)cnn1C(C)C. The van der Waals surface area contributed by atoms with Gasteiger partial charge in [0, 0.05) is 0 Å². The Kier molecular flexibility index (Phi) is 2.70. The standard InChI is InChI=1S/C8H14N2O2/c1-6(2)10-8(12-3)7(5-11)4-9-10/h4,6,11H,5H2,1-3H3. The zero-order chi connectivity index (χ0) is 9.14. The van der Waals surface area contributed by atoms with Crippen LogP contribution in [0.3, 0.4) is 0 Å². The van der Waals surface area contributed by atoms with Gasteiger partial charge in [0.1, 0.15) is 0 Å². The second-order valence-corrected chi connectivity index (χ2v) is 2.88. The van der Waals surface area contributed by atoms with Gasteiger partial charge in [0.15, 0.2) is 0 Å². The molecule has 0 aliphatic heterocycles. The number of rotatable bonds is 3. The second-order valence-electron chi connectivity index (χ2n) is 2.88. The Hall–Kier alpha value is -1.03. The van der Waals surface area contributed by atoms with E-state index in [9.17, 15) is 0 Å². The van der Waals surface area contributed by atoms with Gasteiger partial charge in [0.25, 0.3) is 0 Å². The molecule has 0 aromatic carbocycles. The highest BCUT2D eigenvalue weighted by molar-refractivity contribution is 5.23. The number of aliphatic hydroxyl groups is 1. The Morgan fingerprint density at radius 3 is 2.75 bits per heavy atom. The molecule has 0 aliphatic rings. The van der Waals surface area contributed by atoms with Gasteiger partial charge in [-0.15, -0.1) is 0 Å². The summed E-state index contributed by atoms with van der Waals surface area (Å²) in [5.74, 6) is 0.646. The minimum atomic E-state index is -0.0319. The summed E-state index contributed by atoms with van der Waals surface area (Å²) in [5.41, 5.74) is 0.728. The zero-order valence-corrected chi connectivity index (χ0v) is 7.61. The van der Waals surface area contributed by atoms with Crippen LogP contribution in [0.25, 0.3) is 0 Å². The Morgan fingerprint density at radius 2 is 2.33 bits per heavy atom. The van der Waals surface area contributed by atoms with E-state index < -0.39 is 0 Å². The molecule has 1 rings (SSSR count). The molecular formula is C8H14N2O2. The molecule has 0 spiro atoms. The predicted octanol–water partition coefficient (Wildman–Crippen LogP) is 0.965. The number of methoxy groups -OCH3 is 1. The van der Waals surface area contributed by atoms with E-state index in [4.69, 9.17) is 9.84 Å². The van der Waals surface area contributed by atoms with Gasteiger partial charge in [-0.05, 0) is 13.8 Å². The molecule has 1 aromatic rings. The maximum absolute atomic E-state index is 8.91. The van der Waals surface area contributed by atoms with Gasteiger partial charge < -0.3 is 9.84 Å². The fourth-order valence-electron chi connectivity index (χ4n) is 1.09. The number of hydrogen-bond acceptors (Lipinski definition) is 3. The van der Waals surface area contributed by atoms with Crippen molar-refractivity contribution in [3.8, 4) is 5.88 Å². The molecule has 0 amide bonds. The van der Waals surface area contributed by atoms with Crippen molar-refractivity contribution in [1.29, 1.82) is 0 Å². The summed E-state index contributed by atoms with van der Waals surface area (Å²) in [4.78, 5) is 0. The van der Waals surface area contributed by atoms with E-state index in [0.29, 0.717) is 5.88 Å². The molecule has 4 nitrogen and oxygen atoms in total. The zero-order valence-electron chi connectivity index (χ0n) is 7.61. The minimum Gasteiger partial charge on any atom is -0.481 e. The second kappa shape index (κ2) is 3.58. The molecule has 1 N–H and O–H groups in total. The molecule has 4 heteroatoms. The molecule has 1 aromatic heterocycles. The van der Waals surface area contributed by atoms with Crippen LogP contribution in [0.5, 0.6) is 5.88 Å². The molecule has 0 atom stereocenters. The van der Waals surface area contributed by atoms with Crippen molar-refractivity contribution >= 4 is 0 Å². The van der Waals surface area contributed by atoms with Crippen LogP contribution in [0.1, 0.15) is 25.5 Å². The highest BCUT2D eigenvalue weighted by Crippen LogP contribution is 2.21. The Morgan fingerprint density at radius 1 is 1.67 bits per heavy atom. The third kappa shape index (κ3) is 1.43. The van der Waals surface area contributed by atoms with Gasteiger partial charge in [0.05, 0.1) is 31.5 Å². The molecule has 0 saturated heterocycles. The van der Waals surface area contributed by atoms with Crippen LogP contribution in [0, 0.1) is 0 Å². The van der Waals surface area contributed by atoms with Crippen LogP contribution in [-0.2, 0) is 6.61 Å². The number of nitrogens with zero attached hydrogens (tertiary/aromatic N) is 2. The molecule has 0 aliphatic carbocycles. The van der Waals surface area contributed by atoms with E-state index in [1.54, 1.807) is 18.0 Å². The summed E-state index contributed by atoms with van der Waals surface area (Å²) in [7, 11) is 1.58. The average Bonchev–Trinajstić information content (AvgIpc) is 2.46. The summed E-state index contributed by atoms with van der Waals surface area (Å²) in [6.45, 7) is 3.99. The Balaban J connectivity index is 3.05. The maximum Gasteiger partial charge on any atom is 0.217 e. The smallest absolute Gasteiger partial charge is 0.217 e. The van der Waals surface area contributed by atoms with E-state index >= 15 is 0 Å². The van der Waals surface area contributed by atoms with Gasteiger partial charge in [-0.1, -0.05) is 0 Å². The topological polar surface area (TPSA) is 47.3 Å². The molecular weight excluding hydrogens is 156 g/mol. The quantitative estimate of drug-likeness (QED) is 0.735. The highest BCUT2D eigenvalue weighted by atomic mass is 16.5. The van der Waals surface area contributed by atoms with Gasteiger partial charge in [-0.25, -0.2) is 4.68 Å². The summed E-state index contributed by atoms with van der Waals surface area (Å²) in [6.07, 6.45) is 1.62. The molecule has 0 unspecified atom stereocenters. The molecule has 12 heavy (non-hydrogen) atoms. The molecule has 68 valence electrons. The highest BCUT2D eigenvalue weighted by Gasteiger charge is 2.11. The van der Waals surface area contributed by atoms with Gasteiger partial charge >= 0.3 is 0 Å². The number of aromatic nitrogens is 2. The van der Waals surface area contributed by atoms with Crippen molar-refractivity contribution in [1.82, 2.24) is 9.78 Å². The first-order chi connectivity index (χ1) is 5.70. The van der Waals surface area contributed by atoms with E-state index in [1.807, 2.05) is 13.8 Å². The molecule has 0 saturated carbocycles. The summed E-state index contributed by atoms with van der Waals surface area (Å²) in [6, 6.07) is 0.250. The molecule has 1 heterocycles. The first-order valence-corrected chi connectivity index (χ1v) is 3.92. The largest absolute Gasteiger partial charge is 0.481 e. The third-order valence-electron chi connectivity index (χ3n) is 1.67. The fraction of sp³-hybridized carbons (Fsp3) is 0.625. The normalized spacial score (nSPS) is 10.8. The van der Waals surface area contributed by atoms with Crippen molar-refractivity contribution in [2.75, 3.05) is 7.11 Å². The lowest BCUT2D eigenvalue weighted by atomic mass is 10.3. The van der Waals surface area contributed by atoms with Crippen LogP contribution in [0.2, 0.25) is 0 Å². The van der Waals surface area contributed by atoms with Crippen LogP contribution in [-0.4, -0.2) is 22.0 Å². The number of aliphatic hydroxyl groups excluding tert-OH is 1. The lowest BCUT2D eigenvalue weighted by Gasteiger charge is -2.09. The average molecular weight is 170 g/mol. The van der Waals surface area contributed by atoms with Crippen molar-refractivity contribution < 1.29 is 9.84 Å². The summed E-state index contributed by atoms with van der Waals surface area (Å²) < 4.78 is 6.85. The van der Waals surface area contributed by atoms with Gasteiger partial charge in [-0.3, -0.25) is 0 Å². The van der Waals surface area contributed by atoms with Crippen LogP contribution >= 0.6 is 0 Å². The van der Waals surface area contributed by atoms with Crippen molar-refractivity contribution in [3.05, 3.63) is 11.8 Å². The maximum atomic E-state index is 8.91. The van der Waals surface area contributed by atoms with Gasteiger partial charge in [-0.2, -0.15) is 5.10 Å². The fourth-order valence-corrected chi connectivity index (χ4v) is 1.09. The first-order valence-electron chi connectivity index (χ1n) is 3.92. The Bertz CT molecular complexity index is 256. The summed E-state index contributed by atoms with van der Waals surface area (Å²) in [5, 5.41) is 13.0. The van der Waals surface area contributed by atoms with Crippen LogP contribution in [0.4, 0.5) is 0 Å². The van der Waals surface area contributed by atoms with Crippen molar-refractivity contribution in [2.45, 2.75) is 26.5 Å². The van der Waals surface area contributed by atoms with Crippen LogP contribution in [0.15, 0.2) is 6.20 Å². The lowest BCUT2D eigenvalue weighted by molar-refractivity contribution is 0.268. The molecule has 0 radical (unpaired) electrons. The Labute approximate surface area is 71.8 Å². The van der Waals surface area contributed by atoms with E-state index in [-0.39, 0.29) is 12.6 Å². The minimum absolute atomic E-state index is 0.0319. The first kappa shape index (κ1) is 9.06. The van der Waals surface area contributed by atoms with Crippen molar-refractivity contribution in [3.63, 3.8) is 0 Å². The molecule has 0 bridgehead atoms.